The largest absolute Gasteiger partial charge is 0.310 e. The fraction of sp³-hybridized carbons (Fsp3) is 0.727. The van der Waals surface area contributed by atoms with Gasteiger partial charge >= 0.3 is 0 Å². The average Bonchev–Trinajstić information content (AvgIpc) is 2.03. The van der Waals surface area contributed by atoms with E-state index in [0.717, 1.165) is 12.1 Å². The monoisotopic (exact) mass is 167 g/mol. The Kier molecular flexibility index (Phi) is 6.73. The summed E-state index contributed by atoms with van der Waals surface area (Å²) in [7, 11) is 0. The molecule has 1 nitrogen and oxygen atoms in total. The zero-order chi connectivity index (χ0) is 9.40. The van der Waals surface area contributed by atoms with E-state index in [2.05, 4.69) is 13.5 Å². The van der Waals surface area contributed by atoms with Crippen molar-refractivity contribution in [1.29, 1.82) is 5.41 Å². The second kappa shape index (κ2) is 7.08. The molecule has 70 valence electrons. The molecule has 12 heavy (non-hydrogen) atoms. The molecule has 1 heteroatoms. The summed E-state index contributed by atoms with van der Waals surface area (Å²) in [5.74, 6) is 0.480. The Bertz CT molecular complexity index is 138. The molecule has 0 amide bonds. The molecule has 0 aliphatic heterocycles. The Morgan fingerprint density at radius 2 is 2.08 bits per heavy atom. The van der Waals surface area contributed by atoms with Crippen molar-refractivity contribution in [3.05, 3.63) is 12.7 Å². The fourth-order valence-corrected chi connectivity index (χ4v) is 1.13. The molecule has 0 spiro atoms. The van der Waals surface area contributed by atoms with Crippen LogP contribution in [0.3, 0.4) is 0 Å². The van der Waals surface area contributed by atoms with E-state index >= 15 is 0 Å². The highest BCUT2D eigenvalue weighted by atomic mass is 14.4. The summed E-state index contributed by atoms with van der Waals surface area (Å²) in [6.07, 6.45) is 8.08. The third-order valence-electron chi connectivity index (χ3n) is 2.28. The number of hydrogen-bond donors (Lipinski definition) is 1. The zero-order valence-corrected chi connectivity index (χ0v) is 8.40. The molecule has 0 aliphatic rings. The lowest BCUT2D eigenvalue weighted by atomic mass is 9.99. The molecule has 0 radical (unpaired) electrons. The van der Waals surface area contributed by atoms with Crippen molar-refractivity contribution in [3.8, 4) is 0 Å². The normalized spacial score (nSPS) is 12.5. The van der Waals surface area contributed by atoms with Crippen molar-refractivity contribution >= 4 is 5.71 Å². The third-order valence-corrected chi connectivity index (χ3v) is 2.28. The van der Waals surface area contributed by atoms with Crippen LogP contribution < -0.4 is 0 Å². The topological polar surface area (TPSA) is 23.9 Å². The summed E-state index contributed by atoms with van der Waals surface area (Å²) < 4.78 is 0. The molecule has 0 heterocycles. The van der Waals surface area contributed by atoms with E-state index in [1.54, 1.807) is 0 Å². The molecule has 0 saturated heterocycles. The van der Waals surface area contributed by atoms with E-state index in [9.17, 15) is 0 Å². The molecular formula is C11H21N. The van der Waals surface area contributed by atoms with Crippen LogP contribution in [0.2, 0.25) is 0 Å². The van der Waals surface area contributed by atoms with Crippen molar-refractivity contribution < 1.29 is 0 Å². The molecule has 0 aromatic heterocycles. The quantitative estimate of drug-likeness (QED) is 0.339. The molecule has 0 aliphatic carbocycles. The van der Waals surface area contributed by atoms with Crippen molar-refractivity contribution in [1.82, 2.24) is 0 Å². The molecule has 1 atom stereocenters. The summed E-state index contributed by atoms with van der Waals surface area (Å²) in [4.78, 5) is 0. The van der Waals surface area contributed by atoms with Gasteiger partial charge in [-0.25, -0.2) is 0 Å². The number of allylic oxidation sites excluding steroid dienone is 1. The van der Waals surface area contributed by atoms with Gasteiger partial charge in [-0.1, -0.05) is 25.8 Å². The van der Waals surface area contributed by atoms with Gasteiger partial charge in [0.2, 0.25) is 0 Å². The molecule has 1 unspecified atom stereocenters. The first-order chi connectivity index (χ1) is 5.68. The second-order valence-electron chi connectivity index (χ2n) is 3.51. The molecule has 0 saturated carbocycles. The van der Waals surface area contributed by atoms with E-state index in [1.807, 2.05) is 13.0 Å². The molecule has 0 rings (SSSR count). The Labute approximate surface area is 76.4 Å². The van der Waals surface area contributed by atoms with Gasteiger partial charge in [0.25, 0.3) is 0 Å². The van der Waals surface area contributed by atoms with E-state index in [-0.39, 0.29) is 0 Å². The Hall–Kier alpha value is -0.590. The molecule has 0 bridgehead atoms. The minimum Gasteiger partial charge on any atom is -0.310 e. The van der Waals surface area contributed by atoms with Crippen LogP contribution in [0.15, 0.2) is 12.7 Å². The number of unbranched alkanes of at least 4 members (excludes halogenated alkanes) is 3. The zero-order valence-electron chi connectivity index (χ0n) is 8.40. The van der Waals surface area contributed by atoms with E-state index < -0.39 is 0 Å². The molecule has 0 aromatic carbocycles. The molecule has 1 N–H and O–H groups in total. The number of hydrogen-bond acceptors (Lipinski definition) is 1. The van der Waals surface area contributed by atoms with E-state index in [4.69, 9.17) is 5.41 Å². The highest BCUT2D eigenvalue weighted by Gasteiger charge is 2.02. The van der Waals surface area contributed by atoms with Crippen LogP contribution in [0.25, 0.3) is 0 Å². The average molecular weight is 167 g/mol. The van der Waals surface area contributed by atoms with Crippen LogP contribution in [-0.4, -0.2) is 5.71 Å². The van der Waals surface area contributed by atoms with Crippen LogP contribution in [-0.2, 0) is 0 Å². The number of rotatable bonds is 7. The fourth-order valence-electron chi connectivity index (χ4n) is 1.13. The first-order valence-corrected chi connectivity index (χ1v) is 4.84. The Morgan fingerprint density at radius 3 is 2.58 bits per heavy atom. The summed E-state index contributed by atoms with van der Waals surface area (Å²) in [6.45, 7) is 7.72. The third kappa shape index (κ3) is 6.14. The molecule has 0 fully saturated rings. The van der Waals surface area contributed by atoms with Crippen molar-refractivity contribution in [3.63, 3.8) is 0 Å². The predicted octanol–water partition coefficient (Wildman–Crippen LogP) is 3.80. The summed E-state index contributed by atoms with van der Waals surface area (Å²) in [5.41, 5.74) is 0.818. The number of nitrogens with one attached hydrogen (secondary N) is 1. The first kappa shape index (κ1) is 11.4. The Balaban J connectivity index is 3.19. The van der Waals surface area contributed by atoms with Gasteiger partial charge in [0.15, 0.2) is 0 Å². The van der Waals surface area contributed by atoms with Crippen LogP contribution in [0, 0.1) is 11.3 Å². The Morgan fingerprint density at radius 1 is 1.42 bits per heavy atom. The van der Waals surface area contributed by atoms with Crippen molar-refractivity contribution in [2.45, 2.75) is 46.0 Å². The van der Waals surface area contributed by atoms with Crippen LogP contribution >= 0.6 is 0 Å². The standard InChI is InChI=1S/C11H21N/c1-4-5-6-7-8-9-10(2)11(3)12/h4,10,12H,1,5-9H2,2-3H3. The van der Waals surface area contributed by atoms with Crippen LogP contribution in [0.4, 0.5) is 0 Å². The summed E-state index contributed by atoms with van der Waals surface area (Å²) in [6, 6.07) is 0. The lowest BCUT2D eigenvalue weighted by molar-refractivity contribution is 0.584. The van der Waals surface area contributed by atoms with Crippen molar-refractivity contribution in [2.24, 2.45) is 5.92 Å². The summed E-state index contributed by atoms with van der Waals surface area (Å²) >= 11 is 0. The highest BCUT2D eigenvalue weighted by molar-refractivity contribution is 5.80. The SMILES string of the molecule is C=CCCCCCC(C)C(C)=N. The highest BCUT2D eigenvalue weighted by Crippen LogP contribution is 2.11. The molecular weight excluding hydrogens is 146 g/mol. The molecule has 0 aromatic rings. The first-order valence-electron chi connectivity index (χ1n) is 4.84. The van der Waals surface area contributed by atoms with Gasteiger partial charge < -0.3 is 5.41 Å². The van der Waals surface area contributed by atoms with E-state index in [1.165, 1.54) is 25.7 Å². The second-order valence-corrected chi connectivity index (χ2v) is 3.51. The van der Waals surface area contributed by atoms with Crippen LogP contribution in [0.1, 0.15) is 46.0 Å². The maximum absolute atomic E-state index is 7.40. The van der Waals surface area contributed by atoms with E-state index in [0.29, 0.717) is 5.92 Å². The smallest absolute Gasteiger partial charge is 0.00863 e. The minimum absolute atomic E-state index is 0.480. The maximum atomic E-state index is 7.40. The van der Waals surface area contributed by atoms with Gasteiger partial charge in [-0.3, -0.25) is 0 Å². The van der Waals surface area contributed by atoms with Crippen molar-refractivity contribution in [2.75, 3.05) is 0 Å². The van der Waals surface area contributed by atoms with Gasteiger partial charge in [0.05, 0.1) is 0 Å². The predicted molar refractivity (Wildman–Crippen MR) is 55.8 cm³/mol. The lowest BCUT2D eigenvalue weighted by Gasteiger charge is -2.08. The maximum Gasteiger partial charge on any atom is 0.00863 e. The summed E-state index contributed by atoms with van der Waals surface area (Å²) in [5, 5.41) is 7.40. The van der Waals surface area contributed by atoms with Gasteiger partial charge in [-0.05, 0) is 32.1 Å². The minimum atomic E-state index is 0.480. The van der Waals surface area contributed by atoms with Crippen LogP contribution in [0.5, 0.6) is 0 Å². The van der Waals surface area contributed by atoms with Gasteiger partial charge in [0, 0.05) is 5.71 Å². The van der Waals surface area contributed by atoms with Gasteiger partial charge in [-0.15, -0.1) is 6.58 Å². The van der Waals surface area contributed by atoms with Gasteiger partial charge in [0.1, 0.15) is 0 Å². The lowest BCUT2D eigenvalue weighted by Crippen LogP contribution is -2.04. The van der Waals surface area contributed by atoms with Gasteiger partial charge in [-0.2, -0.15) is 0 Å².